The van der Waals surface area contributed by atoms with Crippen molar-refractivity contribution in [3.8, 4) is 0 Å². The molecule has 0 N–H and O–H groups in total. The first-order valence-corrected chi connectivity index (χ1v) is 4.76. The predicted octanol–water partition coefficient (Wildman–Crippen LogP) is 2.26. The number of carbonyl (C=O) groups excluding carboxylic acids is 1. The summed E-state index contributed by atoms with van der Waals surface area (Å²) in [4.78, 5) is 15.5. The Morgan fingerprint density at radius 3 is 2.85 bits per heavy atom. The van der Waals surface area contributed by atoms with Crippen LogP contribution in [0.15, 0.2) is 18.3 Å². The van der Waals surface area contributed by atoms with E-state index in [1.54, 1.807) is 12.3 Å². The van der Waals surface area contributed by atoms with Crippen LogP contribution in [0.25, 0.3) is 0 Å². The van der Waals surface area contributed by atoms with E-state index in [-0.39, 0.29) is 0 Å². The van der Waals surface area contributed by atoms with Gasteiger partial charge in [0, 0.05) is 24.2 Å². The Hall–Kier alpha value is -0.890. The molecular formula is C10H10ClNO. The number of halogens is 1. The van der Waals surface area contributed by atoms with Gasteiger partial charge in [0.2, 0.25) is 0 Å². The molecule has 0 atom stereocenters. The molecular weight excluding hydrogens is 186 g/mol. The van der Waals surface area contributed by atoms with Gasteiger partial charge >= 0.3 is 0 Å². The van der Waals surface area contributed by atoms with Gasteiger partial charge in [-0.3, -0.25) is 9.78 Å². The van der Waals surface area contributed by atoms with E-state index in [9.17, 15) is 4.79 Å². The van der Waals surface area contributed by atoms with E-state index < -0.39 is 0 Å². The Labute approximate surface area is 81.9 Å². The second kappa shape index (κ2) is 3.46. The average molecular weight is 196 g/mol. The van der Waals surface area contributed by atoms with E-state index in [2.05, 4.69) is 4.98 Å². The minimum absolute atomic E-state index is 0.315. The van der Waals surface area contributed by atoms with Crippen molar-refractivity contribution in [3.05, 3.63) is 29.0 Å². The van der Waals surface area contributed by atoms with Crippen LogP contribution in [0.5, 0.6) is 0 Å². The summed E-state index contributed by atoms with van der Waals surface area (Å²) in [6, 6.07) is 3.58. The van der Waals surface area contributed by atoms with Gasteiger partial charge in [-0.1, -0.05) is 11.6 Å². The van der Waals surface area contributed by atoms with Crippen LogP contribution < -0.4 is 0 Å². The summed E-state index contributed by atoms with van der Waals surface area (Å²) in [5, 5.41) is 0.614. The zero-order valence-corrected chi connectivity index (χ0v) is 7.92. The molecule has 1 aliphatic rings. The molecule has 3 heteroatoms. The van der Waals surface area contributed by atoms with Gasteiger partial charge in [-0.25, -0.2) is 0 Å². The summed E-state index contributed by atoms with van der Waals surface area (Å²) in [5.41, 5.74) is 0.821. The highest BCUT2D eigenvalue weighted by Crippen LogP contribution is 2.30. The fourth-order valence-corrected chi connectivity index (χ4v) is 1.35. The molecule has 0 bridgehead atoms. The van der Waals surface area contributed by atoms with Crippen molar-refractivity contribution in [1.29, 1.82) is 0 Å². The van der Waals surface area contributed by atoms with Gasteiger partial charge in [0.25, 0.3) is 0 Å². The Bertz CT molecular complexity index is 316. The van der Waals surface area contributed by atoms with Crippen molar-refractivity contribution in [2.45, 2.75) is 19.3 Å². The van der Waals surface area contributed by atoms with Gasteiger partial charge < -0.3 is 0 Å². The van der Waals surface area contributed by atoms with E-state index in [0.29, 0.717) is 23.1 Å². The van der Waals surface area contributed by atoms with Gasteiger partial charge in [-0.15, -0.1) is 0 Å². The molecule has 1 aromatic rings. The van der Waals surface area contributed by atoms with Gasteiger partial charge in [0.1, 0.15) is 5.78 Å². The third-order valence-corrected chi connectivity index (χ3v) is 2.40. The molecule has 1 fully saturated rings. The fraction of sp³-hybridized carbons (Fsp3) is 0.400. The average Bonchev–Trinajstić information content (AvgIpc) is 2.91. The SMILES string of the molecule is O=C(Cc1ccc(Cl)cn1)C1CC1. The normalized spacial score (nSPS) is 15.8. The Morgan fingerprint density at radius 1 is 1.54 bits per heavy atom. The van der Waals surface area contributed by atoms with E-state index in [1.165, 1.54) is 0 Å². The third-order valence-electron chi connectivity index (χ3n) is 2.18. The number of aromatic nitrogens is 1. The monoisotopic (exact) mass is 195 g/mol. The lowest BCUT2D eigenvalue weighted by Crippen LogP contribution is -2.05. The van der Waals surface area contributed by atoms with Crippen LogP contribution in [0.2, 0.25) is 5.02 Å². The minimum Gasteiger partial charge on any atom is -0.299 e. The van der Waals surface area contributed by atoms with Gasteiger partial charge in [-0.2, -0.15) is 0 Å². The highest BCUT2D eigenvalue weighted by atomic mass is 35.5. The number of ketones is 1. The maximum absolute atomic E-state index is 11.4. The molecule has 2 rings (SSSR count). The van der Waals surface area contributed by atoms with Gasteiger partial charge in [-0.05, 0) is 25.0 Å². The van der Waals surface area contributed by atoms with Crippen LogP contribution in [0, 0.1) is 5.92 Å². The number of hydrogen-bond donors (Lipinski definition) is 0. The van der Waals surface area contributed by atoms with Crippen LogP contribution in [-0.4, -0.2) is 10.8 Å². The molecule has 0 radical (unpaired) electrons. The Balaban J connectivity index is 2.00. The highest BCUT2D eigenvalue weighted by molar-refractivity contribution is 6.30. The number of rotatable bonds is 3. The van der Waals surface area contributed by atoms with E-state index >= 15 is 0 Å². The topological polar surface area (TPSA) is 30.0 Å². The largest absolute Gasteiger partial charge is 0.299 e. The summed E-state index contributed by atoms with van der Waals surface area (Å²) < 4.78 is 0. The van der Waals surface area contributed by atoms with Crippen LogP contribution in [0.3, 0.4) is 0 Å². The quantitative estimate of drug-likeness (QED) is 0.741. The van der Waals surface area contributed by atoms with Crippen molar-refractivity contribution in [2.24, 2.45) is 5.92 Å². The molecule has 0 aliphatic heterocycles. The van der Waals surface area contributed by atoms with Crippen molar-refractivity contribution < 1.29 is 4.79 Å². The fourth-order valence-electron chi connectivity index (χ4n) is 1.24. The van der Waals surface area contributed by atoms with E-state index in [4.69, 9.17) is 11.6 Å². The van der Waals surface area contributed by atoms with Crippen molar-refractivity contribution in [3.63, 3.8) is 0 Å². The zero-order valence-electron chi connectivity index (χ0n) is 7.16. The molecule has 2 nitrogen and oxygen atoms in total. The molecule has 1 heterocycles. The zero-order chi connectivity index (χ0) is 9.26. The predicted molar refractivity (Wildman–Crippen MR) is 50.7 cm³/mol. The summed E-state index contributed by atoms with van der Waals surface area (Å²) in [6.07, 6.45) is 4.16. The van der Waals surface area contributed by atoms with Crippen LogP contribution in [-0.2, 0) is 11.2 Å². The first-order valence-electron chi connectivity index (χ1n) is 4.39. The summed E-state index contributed by atoms with van der Waals surface area (Å²) in [7, 11) is 0. The number of nitrogens with zero attached hydrogens (tertiary/aromatic N) is 1. The Kier molecular flexibility index (Phi) is 2.32. The number of pyridine rings is 1. The van der Waals surface area contributed by atoms with Crippen LogP contribution in [0.1, 0.15) is 18.5 Å². The second-order valence-corrected chi connectivity index (χ2v) is 3.82. The lowest BCUT2D eigenvalue weighted by Gasteiger charge is -1.98. The van der Waals surface area contributed by atoms with E-state index in [0.717, 1.165) is 18.5 Å². The first kappa shape index (κ1) is 8.70. The molecule has 68 valence electrons. The molecule has 0 saturated heterocycles. The summed E-state index contributed by atoms with van der Waals surface area (Å²) in [5.74, 6) is 0.632. The van der Waals surface area contributed by atoms with Crippen molar-refractivity contribution in [1.82, 2.24) is 4.98 Å². The number of carbonyl (C=O) groups is 1. The molecule has 1 aromatic heterocycles. The maximum Gasteiger partial charge on any atom is 0.141 e. The van der Waals surface area contributed by atoms with Crippen LogP contribution in [0.4, 0.5) is 0 Å². The first-order chi connectivity index (χ1) is 6.25. The van der Waals surface area contributed by atoms with Crippen molar-refractivity contribution in [2.75, 3.05) is 0 Å². The smallest absolute Gasteiger partial charge is 0.141 e. The van der Waals surface area contributed by atoms with Gasteiger partial charge in [0.15, 0.2) is 0 Å². The Morgan fingerprint density at radius 2 is 2.31 bits per heavy atom. The standard InChI is InChI=1S/C10H10ClNO/c11-8-3-4-9(12-6-8)5-10(13)7-1-2-7/h3-4,6-7H,1-2,5H2. The van der Waals surface area contributed by atoms with Gasteiger partial charge in [0.05, 0.1) is 5.02 Å². The number of hydrogen-bond acceptors (Lipinski definition) is 2. The van der Waals surface area contributed by atoms with E-state index in [1.807, 2.05) is 6.07 Å². The molecule has 1 saturated carbocycles. The minimum atomic E-state index is 0.315. The molecule has 0 aromatic carbocycles. The third kappa shape index (κ3) is 2.28. The molecule has 0 unspecified atom stereocenters. The number of Topliss-reactive ketones (excluding diaryl/α,β-unsaturated/α-hetero) is 1. The highest BCUT2D eigenvalue weighted by Gasteiger charge is 2.29. The van der Waals surface area contributed by atoms with Crippen LogP contribution >= 0.6 is 11.6 Å². The lowest BCUT2D eigenvalue weighted by molar-refractivity contribution is -0.119. The van der Waals surface area contributed by atoms with Crippen molar-refractivity contribution >= 4 is 17.4 Å². The molecule has 1 aliphatic carbocycles. The second-order valence-electron chi connectivity index (χ2n) is 3.39. The summed E-state index contributed by atoms with van der Waals surface area (Å²) in [6.45, 7) is 0. The molecule has 0 spiro atoms. The lowest BCUT2D eigenvalue weighted by atomic mass is 10.1. The molecule has 0 amide bonds. The molecule has 13 heavy (non-hydrogen) atoms. The summed E-state index contributed by atoms with van der Waals surface area (Å²) >= 11 is 5.68. The maximum atomic E-state index is 11.4.